The highest BCUT2D eigenvalue weighted by molar-refractivity contribution is 5.76. The van der Waals surface area contributed by atoms with Gasteiger partial charge in [-0.05, 0) is 42.5 Å². The molecule has 152 valence electrons. The second-order valence-electron chi connectivity index (χ2n) is 7.29. The van der Waals surface area contributed by atoms with E-state index in [1.807, 2.05) is 47.1 Å². The molecule has 2 aromatic heterocycles. The summed E-state index contributed by atoms with van der Waals surface area (Å²) >= 11 is 0. The molecule has 1 fully saturated rings. The standard InChI is InChI=1S/C23H22FN5O/c1-30-20-4-2-3-17(15-20)21-16-22-23(25-9-10-29(22)26-21)28-13-11-27(12-14-28)19-7-5-18(24)6-8-19/h2-10,15-16H,11-14H2,1H3. The Labute approximate surface area is 174 Å². The summed E-state index contributed by atoms with van der Waals surface area (Å²) in [5.41, 5.74) is 3.91. The molecular formula is C23H22FN5O. The predicted molar refractivity (Wildman–Crippen MR) is 116 cm³/mol. The SMILES string of the molecule is COc1cccc(-c2cc3c(N4CCN(c5ccc(F)cc5)CC4)nccn3n2)c1. The van der Waals surface area contributed by atoms with E-state index in [9.17, 15) is 4.39 Å². The maximum atomic E-state index is 13.2. The summed E-state index contributed by atoms with van der Waals surface area (Å²) in [6.07, 6.45) is 3.66. The summed E-state index contributed by atoms with van der Waals surface area (Å²) in [6, 6.07) is 16.7. The van der Waals surface area contributed by atoms with Gasteiger partial charge in [-0.3, -0.25) is 0 Å². The van der Waals surface area contributed by atoms with Gasteiger partial charge in [0, 0.05) is 49.8 Å². The summed E-state index contributed by atoms with van der Waals surface area (Å²) in [4.78, 5) is 9.21. The van der Waals surface area contributed by atoms with E-state index < -0.39 is 0 Å². The minimum Gasteiger partial charge on any atom is -0.497 e. The quantitative estimate of drug-likeness (QED) is 0.518. The molecule has 2 aromatic carbocycles. The highest BCUT2D eigenvalue weighted by atomic mass is 19.1. The van der Waals surface area contributed by atoms with Crippen LogP contribution in [-0.4, -0.2) is 47.9 Å². The van der Waals surface area contributed by atoms with Crippen LogP contribution in [0.25, 0.3) is 16.8 Å². The average Bonchev–Trinajstić information content (AvgIpc) is 3.24. The first-order chi connectivity index (χ1) is 14.7. The van der Waals surface area contributed by atoms with Crippen molar-refractivity contribution < 1.29 is 9.13 Å². The topological polar surface area (TPSA) is 45.9 Å². The van der Waals surface area contributed by atoms with E-state index in [-0.39, 0.29) is 5.82 Å². The molecule has 0 unspecified atom stereocenters. The molecule has 0 saturated carbocycles. The van der Waals surface area contributed by atoms with Gasteiger partial charge in [0.05, 0.1) is 12.8 Å². The molecule has 0 radical (unpaired) electrons. The molecule has 7 heteroatoms. The van der Waals surface area contributed by atoms with Gasteiger partial charge >= 0.3 is 0 Å². The molecule has 1 saturated heterocycles. The number of ether oxygens (including phenoxy) is 1. The van der Waals surface area contributed by atoms with Crippen LogP contribution in [0.1, 0.15) is 0 Å². The fourth-order valence-electron chi connectivity index (χ4n) is 3.90. The van der Waals surface area contributed by atoms with Crippen molar-refractivity contribution in [1.29, 1.82) is 0 Å². The summed E-state index contributed by atoms with van der Waals surface area (Å²) < 4.78 is 20.4. The third-order valence-corrected chi connectivity index (χ3v) is 5.51. The van der Waals surface area contributed by atoms with E-state index in [0.29, 0.717) is 0 Å². The van der Waals surface area contributed by atoms with Gasteiger partial charge in [0.2, 0.25) is 0 Å². The lowest BCUT2D eigenvalue weighted by Crippen LogP contribution is -2.47. The zero-order valence-electron chi connectivity index (χ0n) is 16.7. The highest BCUT2D eigenvalue weighted by Crippen LogP contribution is 2.28. The molecule has 1 aliphatic heterocycles. The Morgan fingerprint density at radius 3 is 2.47 bits per heavy atom. The van der Waals surface area contributed by atoms with E-state index in [1.54, 1.807) is 13.3 Å². The fourth-order valence-corrected chi connectivity index (χ4v) is 3.90. The monoisotopic (exact) mass is 403 g/mol. The smallest absolute Gasteiger partial charge is 0.154 e. The largest absolute Gasteiger partial charge is 0.497 e. The van der Waals surface area contributed by atoms with E-state index in [0.717, 1.165) is 60.2 Å². The first-order valence-electron chi connectivity index (χ1n) is 9.95. The number of hydrogen-bond donors (Lipinski definition) is 0. The predicted octanol–water partition coefficient (Wildman–Crippen LogP) is 3.87. The summed E-state index contributed by atoms with van der Waals surface area (Å²) in [5, 5.41) is 4.73. The number of benzene rings is 2. The molecule has 0 N–H and O–H groups in total. The van der Waals surface area contributed by atoms with Gasteiger partial charge in [-0.1, -0.05) is 12.1 Å². The zero-order valence-corrected chi connectivity index (χ0v) is 16.7. The summed E-state index contributed by atoms with van der Waals surface area (Å²) in [7, 11) is 1.66. The Morgan fingerprint density at radius 1 is 0.933 bits per heavy atom. The Bertz CT molecular complexity index is 1170. The number of methoxy groups -OCH3 is 1. The number of anilines is 2. The van der Waals surface area contributed by atoms with Crippen LogP contribution in [-0.2, 0) is 0 Å². The van der Waals surface area contributed by atoms with Crippen molar-refractivity contribution in [2.75, 3.05) is 43.1 Å². The van der Waals surface area contributed by atoms with Crippen molar-refractivity contribution in [3.05, 3.63) is 72.8 Å². The molecule has 1 aliphatic rings. The van der Waals surface area contributed by atoms with E-state index in [4.69, 9.17) is 9.84 Å². The maximum absolute atomic E-state index is 13.2. The molecule has 6 nitrogen and oxygen atoms in total. The lowest BCUT2D eigenvalue weighted by Gasteiger charge is -2.36. The van der Waals surface area contributed by atoms with Crippen molar-refractivity contribution in [2.45, 2.75) is 0 Å². The van der Waals surface area contributed by atoms with Crippen LogP contribution in [0.5, 0.6) is 5.75 Å². The first kappa shape index (κ1) is 18.4. The fraction of sp³-hybridized carbons (Fsp3) is 0.217. The Kier molecular flexibility index (Phi) is 4.71. The maximum Gasteiger partial charge on any atom is 0.154 e. The van der Waals surface area contributed by atoms with E-state index in [2.05, 4.69) is 20.9 Å². The number of nitrogens with zero attached hydrogens (tertiary/aromatic N) is 5. The third kappa shape index (κ3) is 3.43. The first-order valence-corrected chi connectivity index (χ1v) is 9.95. The van der Waals surface area contributed by atoms with Crippen LogP contribution in [0, 0.1) is 5.82 Å². The normalized spacial score (nSPS) is 14.3. The lowest BCUT2D eigenvalue weighted by atomic mass is 10.1. The van der Waals surface area contributed by atoms with Crippen LogP contribution >= 0.6 is 0 Å². The Hall–Kier alpha value is -3.61. The molecule has 30 heavy (non-hydrogen) atoms. The lowest BCUT2D eigenvalue weighted by molar-refractivity contribution is 0.415. The van der Waals surface area contributed by atoms with Crippen LogP contribution < -0.4 is 14.5 Å². The highest BCUT2D eigenvalue weighted by Gasteiger charge is 2.21. The van der Waals surface area contributed by atoms with Crippen LogP contribution in [0.3, 0.4) is 0 Å². The van der Waals surface area contributed by atoms with Gasteiger partial charge in [0.15, 0.2) is 5.82 Å². The number of rotatable bonds is 4. The minimum absolute atomic E-state index is 0.208. The number of piperazine rings is 1. The van der Waals surface area contributed by atoms with Crippen LogP contribution in [0.15, 0.2) is 67.0 Å². The zero-order chi connectivity index (χ0) is 20.5. The van der Waals surface area contributed by atoms with Crippen molar-refractivity contribution in [1.82, 2.24) is 14.6 Å². The van der Waals surface area contributed by atoms with Gasteiger partial charge in [0.1, 0.15) is 17.1 Å². The molecule has 0 bridgehead atoms. The number of hydrogen-bond acceptors (Lipinski definition) is 5. The minimum atomic E-state index is -0.208. The molecule has 5 rings (SSSR count). The molecule has 3 heterocycles. The van der Waals surface area contributed by atoms with Crippen molar-refractivity contribution in [3.63, 3.8) is 0 Å². The van der Waals surface area contributed by atoms with Gasteiger partial charge in [0.25, 0.3) is 0 Å². The van der Waals surface area contributed by atoms with E-state index >= 15 is 0 Å². The van der Waals surface area contributed by atoms with Gasteiger partial charge < -0.3 is 14.5 Å². The molecule has 0 spiro atoms. The summed E-state index contributed by atoms with van der Waals surface area (Å²) in [5.74, 6) is 1.53. The summed E-state index contributed by atoms with van der Waals surface area (Å²) in [6.45, 7) is 3.38. The van der Waals surface area contributed by atoms with Gasteiger partial charge in [-0.25, -0.2) is 13.9 Å². The van der Waals surface area contributed by atoms with Gasteiger partial charge in [-0.2, -0.15) is 5.10 Å². The molecule has 0 aliphatic carbocycles. The molecule has 0 atom stereocenters. The van der Waals surface area contributed by atoms with Gasteiger partial charge in [-0.15, -0.1) is 0 Å². The molecular weight excluding hydrogens is 381 g/mol. The van der Waals surface area contributed by atoms with Crippen LogP contribution in [0.4, 0.5) is 15.9 Å². The number of halogens is 1. The Balaban J connectivity index is 1.40. The third-order valence-electron chi connectivity index (χ3n) is 5.51. The average molecular weight is 403 g/mol. The second kappa shape index (κ2) is 7.67. The van der Waals surface area contributed by atoms with E-state index in [1.165, 1.54) is 12.1 Å². The van der Waals surface area contributed by atoms with Crippen LogP contribution in [0.2, 0.25) is 0 Å². The van der Waals surface area contributed by atoms with Crippen molar-refractivity contribution in [2.24, 2.45) is 0 Å². The molecule has 0 amide bonds. The van der Waals surface area contributed by atoms with Crippen molar-refractivity contribution >= 4 is 17.0 Å². The Morgan fingerprint density at radius 2 is 1.70 bits per heavy atom. The second-order valence-corrected chi connectivity index (χ2v) is 7.29. The molecule has 4 aromatic rings. The van der Waals surface area contributed by atoms with Crippen molar-refractivity contribution in [3.8, 4) is 17.0 Å². The number of aromatic nitrogens is 3. The number of fused-ring (bicyclic) bond motifs is 1.